The first-order valence-electron chi connectivity index (χ1n) is 6.19. The van der Waals surface area contributed by atoms with Crippen LogP contribution >= 0.6 is 0 Å². The molecule has 1 fully saturated rings. The molecule has 1 saturated heterocycles. The van der Waals surface area contributed by atoms with Gasteiger partial charge in [0.15, 0.2) is 0 Å². The molecule has 0 N–H and O–H groups in total. The molecule has 0 saturated carbocycles. The number of hydrogen-bond acceptors (Lipinski definition) is 1. The lowest BCUT2D eigenvalue weighted by Gasteiger charge is -2.29. The Balaban J connectivity index is 1.88. The lowest BCUT2D eigenvalue weighted by atomic mass is 9.97. The summed E-state index contributed by atoms with van der Waals surface area (Å²) in [7, 11) is 0. The van der Waals surface area contributed by atoms with E-state index < -0.39 is 0 Å². The van der Waals surface area contributed by atoms with E-state index in [-0.39, 0.29) is 0 Å². The first-order chi connectivity index (χ1) is 7.88. The van der Waals surface area contributed by atoms with Crippen molar-refractivity contribution in [2.75, 3.05) is 0 Å². The maximum Gasteiger partial charge on any atom is 0.0619 e. The molecule has 86 valence electrons. The summed E-state index contributed by atoms with van der Waals surface area (Å²) in [4.78, 5) is 0. The quantitative estimate of drug-likeness (QED) is 0.697. The second-order valence-electron chi connectivity index (χ2n) is 4.53. The van der Waals surface area contributed by atoms with Crippen LogP contribution in [0.25, 0.3) is 0 Å². The predicted octanol–water partition coefficient (Wildman–Crippen LogP) is 3.74. The molecule has 2 rings (SSSR count). The van der Waals surface area contributed by atoms with Crippen molar-refractivity contribution in [2.45, 2.75) is 44.3 Å². The molecule has 0 aromatic heterocycles. The molecule has 0 radical (unpaired) electrons. The molecular weight excluding hydrogens is 196 g/mol. The average molecular weight is 216 g/mol. The van der Waals surface area contributed by atoms with E-state index in [0.29, 0.717) is 12.2 Å². The molecule has 0 aliphatic carbocycles. The molecule has 16 heavy (non-hydrogen) atoms. The van der Waals surface area contributed by atoms with E-state index in [0.717, 1.165) is 12.8 Å². The molecule has 1 aromatic rings. The highest BCUT2D eigenvalue weighted by Crippen LogP contribution is 2.23. The van der Waals surface area contributed by atoms with Crippen LogP contribution in [0.5, 0.6) is 0 Å². The van der Waals surface area contributed by atoms with Crippen LogP contribution in [0.15, 0.2) is 43.0 Å². The van der Waals surface area contributed by atoms with Crippen LogP contribution in [0.3, 0.4) is 0 Å². The van der Waals surface area contributed by atoms with Gasteiger partial charge in [-0.05, 0) is 37.7 Å². The Hall–Kier alpha value is -1.08. The van der Waals surface area contributed by atoms with Crippen molar-refractivity contribution < 1.29 is 4.74 Å². The molecule has 1 heteroatoms. The summed E-state index contributed by atoms with van der Waals surface area (Å²) < 4.78 is 6.06. The largest absolute Gasteiger partial charge is 0.374 e. The molecule has 0 bridgehead atoms. The molecule has 1 nitrogen and oxygen atoms in total. The van der Waals surface area contributed by atoms with E-state index in [9.17, 15) is 0 Å². The zero-order valence-electron chi connectivity index (χ0n) is 9.77. The Labute approximate surface area is 98.1 Å². The van der Waals surface area contributed by atoms with Crippen LogP contribution in [-0.2, 0) is 11.2 Å². The zero-order valence-corrected chi connectivity index (χ0v) is 9.77. The highest BCUT2D eigenvalue weighted by atomic mass is 16.5. The maximum absolute atomic E-state index is 6.06. The third-order valence-corrected chi connectivity index (χ3v) is 3.17. The van der Waals surface area contributed by atoms with E-state index >= 15 is 0 Å². The smallest absolute Gasteiger partial charge is 0.0619 e. The lowest BCUT2D eigenvalue weighted by Crippen LogP contribution is -2.28. The van der Waals surface area contributed by atoms with Crippen LogP contribution in [0.1, 0.15) is 31.2 Å². The Morgan fingerprint density at radius 2 is 1.94 bits per heavy atom. The monoisotopic (exact) mass is 216 g/mol. The topological polar surface area (TPSA) is 9.23 Å². The van der Waals surface area contributed by atoms with Crippen molar-refractivity contribution in [3.63, 3.8) is 0 Å². The van der Waals surface area contributed by atoms with Crippen molar-refractivity contribution in [1.82, 2.24) is 0 Å². The first kappa shape index (κ1) is 11.4. The Morgan fingerprint density at radius 1 is 1.19 bits per heavy atom. The fourth-order valence-corrected chi connectivity index (χ4v) is 2.37. The van der Waals surface area contributed by atoms with E-state index in [1.807, 2.05) is 6.08 Å². The van der Waals surface area contributed by atoms with Crippen molar-refractivity contribution >= 4 is 0 Å². The SMILES string of the molecule is C=CC[C@@H]1CCC[C@H](Cc2ccccc2)O1. The molecule has 1 aromatic carbocycles. The van der Waals surface area contributed by atoms with E-state index in [1.54, 1.807) is 0 Å². The second-order valence-corrected chi connectivity index (χ2v) is 4.53. The minimum absolute atomic E-state index is 0.403. The summed E-state index contributed by atoms with van der Waals surface area (Å²) in [5, 5.41) is 0. The van der Waals surface area contributed by atoms with E-state index in [4.69, 9.17) is 4.74 Å². The second kappa shape index (κ2) is 5.86. The van der Waals surface area contributed by atoms with Gasteiger partial charge in [0.05, 0.1) is 12.2 Å². The maximum atomic E-state index is 6.06. The number of benzene rings is 1. The fourth-order valence-electron chi connectivity index (χ4n) is 2.37. The van der Waals surface area contributed by atoms with Crippen LogP contribution in [0.4, 0.5) is 0 Å². The number of rotatable bonds is 4. The zero-order chi connectivity index (χ0) is 11.2. The molecule has 0 amide bonds. The van der Waals surface area contributed by atoms with Gasteiger partial charge in [0, 0.05) is 0 Å². The molecule has 0 unspecified atom stereocenters. The molecule has 1 aliphatic heterocycles. The van der Waals surface area contributed by atoms with Crippen LogP contribution in [-0.4, -0.2) is 12.2 Å². The van der Waals surface area contributed by atoms with Gasteiger partial charge < -0.3 is 4.74 Å². The Kier molecular flexibility index (Phi) is 4.17. The Morgan fingerprint density at radius 3 is 2.69 bits per heavy atom. The lowest BCUT2D eigenvalue weighted by molar-refractivity contribution is -0.0466. The van der Waals surface area contributed by atoms with E-state index in [2.05, 4.69) is 36.9 Å². The molecule has 2 atom stereocenters. The van der Waals surface area contributed by atoms with Gasteiger partial charge >= 0.3 is 0 Å². The van der Waals surface area contributed by atoms with Crippen molar-refractivity contribution in [1.29, 1.82) is 0 Å². The number of ether oxygens (including phenoxy) is 1. The summed E-state index contributed by atoms with van der Waals surface area (Å²) in [6.45, 7) is 3.78. The van der Waals surface area contributed by atoms with Gasteiger partial charge in [-0.25, -0.2) is 0 Å². The van der Waals surface area contributed by atoms with Gasteiger partial charge in [0.25, 0.3) is 0 Å². The van der Waals surface area contributed by atoms with Crippen molar-refractivity contribution in [3.8, 4) is 0 Å². The van der Waals surface area contributed by atoms with E-state index in [1.165, 1.54) is 24.8 Å². The van der Waals surface area contributed by atoms with Gasteiger partial charge in [-0.2, -0.15) is 0 Å². The fraction of sp³-hybridized carbons (Fsp3) is 0.467. The minimum atomic E-state index is 0.403. The summed E-state index contributed by atoms with van der Waals surface area (Å²) in [5.74, 6) is 0. The standard InChI is InChI=1S/C15H20O/c1-2-7-14-10-6-11-15(16-14)12-13-8-4-3-5-9-13/h2-5,8-9,14-15H,1,6-7,10-12H2/t14-,15-/m1/s1. The minimum Gasteiger partial charge on any atom is -0.374 e. The highest BCUT2D eigenvalue weighted by molar-refractivity contribution is 5.15. The third kappa shape index (κ3) is 3.21. The van der Waals surface area contributed by atoms with Gasteiger partial charge in [-0.1, -0.05) is 36.4 Å². The van der Waals surface area contributed by atoms with Crippen LogP contribution in [0.2, 0.25) is 0 Å². The predicted molar refractivity (Wildman–Crippen MR) is 67.5 cm³/mol. The van der Waals surface area contributed by atoms with Gasteiger partial charge in [-0.3, -0.25) is 0 Å². The van der Waals surface area contributed by atoms with Crippen molar-refractivity contribution in [3.05, 3.63) is 48.6 Å². The average Bonchev–Trinajstić information content (AvgIpc) is 2.31. The molecular formula is C15H20O. The summed E-state index contributed by atoms with van der Waals surface area (Å²) in [6, 6.07) is 10.6. The highest BCUT2D eigenvalue weighted by Gasteiger charge is 2.21. The summed E-state index contributed by atoms with van der Waals surface area (Å²) in [5.41, 5.74) is 1.38. The van der Waals surface area contributed by atoms with Crippen molar-refractivity contribution in [2.24, 2.45) is 0 Å². The Bertz CT molecular complexity index is 317. The normalized spacial score (nSPS) is 25.2. The summed E-state index contributed by atoms with van der Waals surface area (Å²) >= 11 is 0. The first-order valence-corrected chi connectivity index (χ1v) is 6.19. The molecule has 0 spiro atoms. The third-order valence-electron chi connectivity index (χ3n) is 3.17. The molecule has 1 aliphatic rings. The summed E-state index contributed by atoms with van der Waals surface area (Å²) in [6.07, 6.45) is 8.49. The van der Waals surface area contributed by atoms with Gasteiger partial charge in [-0.15, -0.1) is 6.58 Å². The van der Waals surface area contributed by atoms with Crippen LogP contribution < -0.4 is 0 Å². The van der Waals surface area contributed by atoms with Gasteiger partial charge in [0.1, 0.15) is 0 Å². The van der Waals surface area contributed by atoms with Gasteiger partial charge in [0.2, 0.25) is 0 Å². The molecule has 1 heterocycles. The van der Waals surface area contributed by atoms with Crippen LogP contribution in [0, 0.1) is 0 Å². The number of hydrogen-bond donors (Lipinski definition) is 0.